The molecule has 1 atom stereocenters. The summed E-state index contributed by atoms with van der Waals surface area (Å²) >= 11 is 0. The van der Waals surface area contributed by atoms with Crippen molar-refractivity contribution in [1.29, 1.82) is 0 Å². The number of carbonyl (C=O) groups excluding carboxylic acids is 1. The van der Waals surface area contributed by atoms with Crippen molar-refractivity contribution >= 4 is 5.91 Å². The van der Waals surface area contributed by atoms with Crippen LogP contribution in [0.25, 0.3) is 0 Å². The van der Waals surface area contributed by atoms with Crippen LogP contribution in [0.15, 0.2) is 60.7 Å². The molecule has 0 radical (unpaired) electrons. The number of ether oxygens (including phenoxy) is 1. The first kappa shape index (κ1) is 12.9. The largest absolute Gasteiger partial charge is 0.362 e. The molecule has 0 aliphatic carbocycles. The van der Waals surface area contributed by atoms with Gasteiger partial charge >= 0.3 is 0 Å². The maximum atomic E-state index is 12.0. The summed E-state index contributed by atoms with van der Waals surface area (Å²) in [5.74, 6) is 0.0878. The lowest BCUT2D eigenvalue weighted by molar-refractivity contribution is -0.164. The Kier molecular flexibility index (Phi) is 3.79. The molecule has 20 heavy (non-hydrogen) atoms. The van der Waals surface area contributed by atoms with Crippen LogP contribution in [0.4, 0.5) is 0 Å². The average molecular weight is 267 g/mol. The zero-order chi connectivity index (χ0) is 13.8. The van der Waals surface area contributed by atoms with Crippen molar-refractivity contribution in [2.24, 2.45) is 0 Å². The van der Waals surface area contributed by atoms with Gasteiger partial charge in [0.2, 0.25) is 0 Å². The van der Waals surface area contributed by atoms with Gasteiger partial charge in [-0.15, -0.1) is 0 Å². The van der Waals surface area contributed by atoms with Crippen LogP contribution in [0.5, 0.6) is 0 Å². The number of likely N-dealkylation sites (tertiary alicyclic amines) is 1. The maximum Gasteiger partial charge on any atom is 0.253 e. The normalized spacial score (nSPS) is 17.9. The van der Waals surface area contributed by atoms with Crippen LogP contribution in [0.1, 0.15) is 11.1 Å². The molecule has 3 nitrogen and oxygen atoms in total. The van der Waals surface area contributed by atoms with Crippen molar-refractivity contribution in [3.8, 4) is 0 Å². The summed E-state index contributed by atoms with van der Waals surface area (Å²) in [6, 6.07) is 20.0. The highest BCUT2D eigenvalue weighted by atomic mass is 16.5. The minimum absolute atomic E-state index is 0.0878. The van der Waals surface area contributed by atoms with Crippen molar-refractivity contribution < 1.29 is 9.53 Å². The SMILES string of the molecule is O=C1C(OCc2ccccc2)CN1Cc1ccccc1. The molecule has 1 fully saturated rings. The van der Waals surface area contributed by atoms with Gasteiger partial charge in [0.05, 0.1) is 13.2 Å². The lowest BCUT2D eigenvalue weighted by atomic mass is 10.1. The molecule has 1 aliphatic rings. The highest BCUT2D eigenvalue weighted by Gasteiger charge is 2.37. The van der Waals surface area contributed by atoms with Crippen molar-refractivity contribution in [2.45, 2.75) is 19.3 Å². The second kappa shape index (κ2) is 5.88. The first-order chi connectivity index (χ1) is 9.83. The molecule has 102 valence electrons. The molecule has 2 aromatic carbocycles. The molecule has 1 aliphatic heterocycles. The first-order valence-electron chi connectivity index (χ1n) is 6.81. The van der Waals surface area contributed by atoms with E-state index in [1.165, 1.54) is 0 Å². The molecule has 0 spiro atoms. The highest BCUT2D eigenvalue weighted by molar-refractivity contribution is 5.86. The minimum atomic E-state index is -0.279. The Balaban J connectivity index is 1.47. The number of amides is 1. The van der Waals surface area contributed by atoms with Gasteiger partial charge in [-0.25, -0.2) is 0 Å². The van der Waals surface area contributed by atoms with Crippen molar-refractivity contribution in [1.82, 2.24) is 4.90 Å². The van der Waals surface area contributed by atoms with Gasteiger partial charge in [0.25, 0.3) is 5.91 Å². The van der Waals surface area contributed by atoms with Gasteiger partial charge in [-0.2, -0.15) is 0 Å². The molecule has 0 saturated carbocycles. The molecule has 2 aromatic rings. The van der Waals surface area contributed by atoms with E-state index in [-0.39, 0.29) is 12.0 Å². The van der Waals surface area contributed by atoms with Gasteiger partial charge in [-0.3, -0.25) is 4.79 Å². The molecule has 0 aromatic heterocycles. The lowest BCUT2D eigenvalue weighted by Gasteiger charge is -2.38. The van der Waals surface area contributed by atoms with Crippen molar-refractivity contribution in [3.63, 3.8) is 0 Å². The Hall–Kier alpha value is -2.13. The Morgan fingerprint density at radius 1 is 0.950 bits per heavy atom. The van der Waals surface area contributed by atoms with Gasteiger partial charge in [0, 0.05) is 6.54 Å². The lowest BCUT2D eigenvalue weighted by Crippen LogP contribution is -2.56. The number of nitrogens with zero attached hydrogens (tertiary/aromatic N) is 1. The third-order valence-corrected chi connectivity index (χ3v) is 3.48. The molecule has 1 unspecified atom stereocenters. The van der Waals surface area contributed by atoms with Crippen LogP contribution >= 0.6 is 0 Å². The molecule has 3 heteroatoms. The van der Waals surface area contributed by atoms with Gasteiger partial charge in [-0.05, 0) is 11.1 Å². The quantitative estimate of drug-likeness (QED) is 0.779. The van der Waals surface area contributed by atoms with E-state index in [0.29, 0.717) is 19.7 Å². The summed E-state index contributed by atoms with van der Waals surface area (Å²) in [6.45, 7) is 1.85. The Morgan fingerprint density at radius 2 is 1.55 bits per heavy atom. The smallest absolute Gasteiger partial charge is 0.253 e. The van der Waals surface area contributed by atoms with Gasteiger partial charge in [0.1, 0.15) is 0 Å². The fourth-order valence-corrected chi connectivity index (χ4v) is 2.30. The van der Waals surface area contributed by atoms with E-state index in [2.05, 4.69) is 0 Å². The summed E-state index contributed by atoms with van der Waals surface area (Å²) in [5, 5.41) is 0. The van der Waals surface area contributed by atoms with Crippen LogP contribution in [0.3, 0.4) is 0 Å². The fourth-order valence-electron chi connectivity index (χ4n) is 2.30. The number of rotatable bonds is 5. The molecular weight excluding hydrogens is 250 g/mol. The molecule has 0 N–H and O–H groups in total. The molecule has 1 heterocycles. The summed E-state index contributed by atoms with van der Waals surface area (Å²) in [4.78, 5) is 13.8. The predicted molar refractivity (Wildman–Crippen MR) is 76.9 cm³/mol. The monoisotopic (exact) mass is 267 g/mol. The van der Waals surface area contributed by atoms with Crippen LogP contribution in [-0.2, 0) is 22.7 Å². The summed E-state index contributed by atoms with van der Waals surface area (Å²) in [6.07, 6.45) is -0.279. The number of β-lactam (4-membered cyclic amide) rings is 1. The second-order valence-electron chi connectivity index (χ2n) is 4.99. The standard InChI is InChI=1S/C17H17NO2/c19-17-16(20-13-15-9-5-2-6-10-15)12-18(17)11-14-7-3-1-4-8-14/h1-10,16H,11-13H2. The molecule has 3 rings (SSSR count). The third kappa shape index (κ3) is 2.89. The molecular formula is C17H17NO2. The topological polar surface area (TPSA) is 29.5 Å². The number of hydrogen-bond donors (Lipinski definition) is 0. The van der Waals surface area contributed by atoms with E-state index in [9.17, 15) is 4.79 Å². The Bertz CT molecular complexity index is 568. The molecule has 0 bridgehead atoms. The van der Waals surface area contributed by atoms with E-state index < -0.39 is 0 Å². The van der Waals surface area contributed by atoms with E-state index in [1.54, 1.807) is 0 Å². The molecule has 1 amide bonds. The third-order valence-electron chi connectivity index (χ3n) is 3.48. The average Bonchev–Trinajstić information content (AvgIpc) is 2.52. The zero-order valence-corrected chi connectivity index (χ0v) is 11.2. The van der Waals surface area contributed by atoms with Crippen LogP contribution in [0.2, 0.25) is 0 Å². The summed E-state index contributed by atoms with van der Waals surface area (Å²) < 4.78 is 5.65. The van der Waals surface area contributed by atoms with Crippen LogP contribution in [-0.4, -0.2) is 23.5 Å². The number of benzene rings is 2. The van der Waals surface area contributed by atoms with E-state index >= 15 is 0 Å². The molecule has 1 saturated heterocycles. The predicted octanol–water partition coefficient (Wildman–Crippen LogP) is 2.61. The number of carbonyl (C=O) groups is 1. The van der Waals surface area contributed by atoms with Gasteiger partial charge < -0.3 is 9.64 Å². The first-order valence-corrected chi connectivity index (χ1v) is 6.81. The summed E-state index contributed by atoms with van der Waals surface area (Å²) in [5.41, 5.74) is 2.25. The Morgan fingerprint density at radius 3 is 2.15 bits per heavy atom. The summed E-state index contributed by atoms with van der Waals surface area (Å²) in [7, 11) is 0. The van der Waals surface area contributed by atoms with Crippen molar-refractivity contribution in [3.05, 3.63) is 71.8 Å². The van der Waals surface area contributed by atoms with E-state index in [4.69, 9.17) is 4.74 Å². The zero-order valence-electron chi connectivity index (χ0n) is 11.2. The van der Waals surface area contributed by atoms with E-state index in [0.717, 1.165) is 11.1 Å². The second-order valence-corrected chi connectivity index (χ2v) is 4.99. The van der Waals surface area contributed by atoms with Gasteiger partial charge in [-0.1, -0.05) is 60.7 Å². The Labute approximate surface area is 118 Å². The van der Waals surface area contributed by atoms with Crippen LogP contribution < -0.4 is 0 Å². The van der Waals surface area contributed by atoms with Gasteiger partial charge in [0.15, 0.2) is 6.10 Å². The van der Waals surface area contributed by atoms with E-state index in [1.807, 2.05) is 65.6 Å². The number of hydrogen-bond acceptors (Lipinski definition) is 2. The fraction of sp³-hybridized carbons (Fsp3) is 0.235. The maximum absolute atomic E-state index is 12.0. The minimum Gasteiger partial charge on any atom is -0.362 e. The highest BCUT2D eigenvalue weighted by Crippen LogP contribution is 2.18. The van der Waals surface area contributed by atoms with Crippen molar-refractivity contribution in [2.75, 3.05) is 6.54 Å². The van der Waals surface area contributed by atoms with Crippen LogP contribution in [0, 0.1) is 0 Å².